The fourth-order valence-electron chi connectivity index (χ4n) is 3.50. The Morgan fingerprint density at radius 1 is 0.935 bits per heavy atom. The van der Waals surface area contributed by atoms with Gasteiger partial charge in [0.15, 0.2) is 0 Å². The molecule has 0 atom stereocenters. The van der Waals surface area contributed by atoms with Crippen LogP contribution in [-0.2, 0) is 16.1 Å². The Morgan fingerprint density at radius 3 is 2.16 bits per heavy atom. The summed E-state index contributed by atoms with van der Waals surface area (Å²) in [6.45, 7) is 5.23. The number of amides is 2. The molecule has 4 aromatic rings. The molecule has 31 heavy (non-hydrogen) atoms. The van der Waals surface area contributed by atoms with Crippen LogP contribution in [-0.4, -0.2) is 31.0 Å². The van der Waals surface area contributed by atoms with Gasteiger partial charge in [0.1, 0.15) is 12.4 Å². The minimum atomic E-state index is -0.380. The third-order valence-electron chi connectivity index (χ3n) is 4.85. The van der Waals surface area contributed by atoms with E-state index in [9.17, 15) is 14.4 Å². The molecule has 0 bridgehead atoms. The molecule has 0 saturated carbocycles. The van der Waals surface area contributed by atoms with E-state index in [1.807, 2.05) is 32.0 Å². The third kappa shape index (κ3) is 3.89. The molecular formula is C22H22N6O3. The van der Waals surface area contributed by atoms with Crippen molar-refractivity contribution in [2.24, 2.45) is 0 Å². The number of aromatic nitrogens is 4. The van der Waals surface area contributed by atoms with Gasteiger partial charge in [-0.3, -0.25) is 23.4 Å². The van der Waals surface area contributed by atoms with Gasteiger partial charge in [0.25, 0.3) is 5.56 Å². The minimum Gasteiger partial charge on any atom is -0.326 e. The first-order valence-electron chi connectivity index (χ1n) is 9.89. The van der Waals surface area contributed by atoms with E-state index < -0.39 is 0 Å². The Labute approximate surface area is 177 Å². The van der Waals surface area contributed by atoms with Crippen LogP contribution in [0.15, 0.2) is 53.3 Å². The van der Waals surface area contributed by atoms with E-state index in [1.165, 1.54) is 11.5 Å². The lowest BCUT2D eigenvalue weighted by Crippen LogP contribution is -2.29. The van der Waals surface area contributed by atoms with Gasteiger partial charge in [-0.05, 0) is 36.4 Å². The second kappa shape index (κ2) is 8.02. The number of hydrogen-bond acceptors (Lipinski definition) is 5. The van der Waals surface area contributed by atoms with Gasteiger partial charge in [-0.15, -0.1) is 10.2 Å². The molecule has 0 fully saturated rings. The summed E-state index contributed by atoms with van der Waals surface area (Å²) < 4.78 is 3.17. The summed E-state index contributed by atoms with van der Waals surface area (Å²) >= 11 is 0. The molecule has 2 amide bonds. The molecule has 0 saturated heterocycles. The molecule has 158 valence electrons. The summed E-state index contributed by atoms with van der Waals surface area (Å²) in [5.41, 5.74) is 2.38. The van der Waals surface area contributed by atoms with Crippen molar-refractivity contribution < 1.29 is 9.59 Å². The number of carbonyl (C=O) groups excluding carboxylic acids is 2. The monoisotopic (exact) mass is 418 g/mol. The molecule has 4 rings (SSSR count). The topological polar surface area (TPSA) is 110 Å². The number of anilines is 2. The zero-order valence-electron chi connectivity index (χ0n) is 17.4. The van der Waals surface area contributed by atoms with Crippen LogP contribution in [0.4, 0.5) is 11.4 Å². The van der Waals surface area contributed by atoms with Gasteiger partial charge in [-0.25, -0.2) is 0 Å². The maximum absolute atomic E-state index is 13.1. The van der Waals surface area contributed by atoms with Crippen LogP contribution >= 0.6 is 0 Å². The van der Waals surface area contributed by atoms with Crippen molar-refractivity contribution in [3.8, 4) is 0 Å². The number of nitrogens with one attached hydrogen (secondary N) is 2. The first-order chi connectivity index (χ1) is 14.8. The second-order valence-corrected chi connectivity index (χ2v) is 7.56. The smallest absolute Gasteiger partial charge is 0.297 e. The van der Waals surface area contributed by atoms with Crippen molar-refractivity contribution in [2.45, 2.75) is 33.2 Å². The number of hydrogen-bond donors (Lipinski definition) is 2. The minimum absolute atomic E-state index is 0.0809. The molecule has 9 nitrogen and oxygen atoms in total. The van der Waals surface area contributed by atoms with Crippen LogP contribution in [0.5, 0.6) is 0 Å². The summed E-state index contributed by atoms with van der Waals surface area (Å²) in [5.74, 6) is 0.247. The third-order valence-corrected chi connectivity index (χ3v) is 4.85. The van der Waals surface area contributed by atoms with E-state index in [4.69, 9.17) is 0 Å². The lowest BCUT2D eigenvalue weighted by atomic mass is 10.2. The highest BCUT2D eigenvalue weighted by atomic mass is 16.2. The number of rotatable bonds is 5. The molecule has 0 spiro atoms. The first kappa shape index (κ1) is 20.3. The van der Waals surface area contributed by atoms with Crippen LogP contribution in [0.3, 0.4) is 0 Å². The first-order valence-corrected chi connectivity index (χ1v) is 9.89. The number of nitrogens with zero attached hydrogens (tertiary/aromatic N) is 4. The summed E-state index contributed by atoms with van der Waals surface area (Å²) in [4.78, 5) is 37.0. The van der Waals surface area contributed by atoms with E-state index >= 15 is 0 Å². The Balaban J connectivity index is 1.68. The molecule has 9 heteroatoms. The standard InChI is InChI=1S/C22H22N6O3/c1-13(2)20-25-26-21-22(31)27(17-6-4-5-7-18(17)28(20)21)12-19(30)24-16-10-8-15(9-11-16)23-14(3)29/h4-11,13H,12H2,1-3H3,(H,23,29)(H,24,30). The largest absolute Gasteiger partial charge is 0.326 e. The van der Waals surface area contributed by atoms with Crippen LogP contribution in [0.1, 0.15) is 32.5 Å². The second-order valence-electron chi connectivity index (χ2n) is 7.56. The molecular weight excluding hydrogens is 396 g/mol. The molecule has 0 radical (unpaired) electrons. The van der Waals surface area contributed by atoms with Crippen LogP contribution in [0.2, 0.25) is 0 Å². The normalized spacial score (nSPS) is 11.2. The zero-order valence-corrected chi connectivity index (χ0v) is 17.4. The van der Waals surface area contributed by atoms with Crippen molar-refractivity contribution in [3.63, 3.8) is 0 Å². The van der Waals surface area contributed by atoms with Crippen LogP contribution < -0.4 is 16.2 Å². The van der Waals surface area contributed by atoms with Crippen LogP contribution in [0, 0.1) is 0 Å². The van der Waals surface area contributed by atoms with Crippen molar-refractivity contribution in [1.29, 1.82) is 0 Å². The van der Waals surface area contributed by atoms with E-state index in [1.54, 1.807) is 34.7 Å². The number of carbonyl (C=O) groups is 2. The van der Waals surface area contributed by atoms with Crippen molar-refractivity contribution in [2.75, 3.05) is 10.6 Å². The van der Waals surface area contributed by atoms with E-state index in [0.717, 1.165) is 5.52 Å². The highest BCUT2D eigenvalue weighted by Gasteiger charge is 2.19. The Bertz CT molecular complexity index is 1350. The van der Waals surface area contributed by atoms with Crippen LogP contribution in [0.25, 0.3) is 16.7 Å². The average molecular weight is 418 g/mol. The SMILES string of the molecule is CC(=O)Nc1ccc(NC(=O)Cn2c(=O)c3nnc(C(C)C)n3c3ccccc32)cc1. The lowest BCUT2D eigenvalue weighted by Gasteiger charge is -2.13. The average Bonchev–Trinajstić information content (AvgIpc) is 3.18. The van der Waals surface area contributed by atoms with Crippen molar-refractivity contribution >= 4 is 39.9 Å². The molecule has 0 aliphatic heterocycles. The summed E-state index contributed by atoms with van der Waals surface area (Å²) in [6, 6.07) is 14.1. The number of fused-ring (bicyclic) bond motifs is 3. The fraction of sp³-hybridized carbons (Fsp3) is 0.227. The van der Waals surface area contributed by atoms with Gasteiger partial charge in [-0.1, -0.05) is 26.0 Å². The van der Waals surface area contributed by atoms with Gasteiger partial charge in [0.2, 0.25) is 17.5 Å². The molecule has 2 aromatic heterocycles. The summed E-state index contributed by atoms with van der Waals surface area (Å²) in [5, 5.41) is 13.7. The molecule has 2 N–H and O–H groups in total. The molecule has 2 aromatic carbocycles. The molecule has 0 aliphatic carbocycles. The molecule has 0 aliphatic rings. The predicted molar refractivity (Wildman–Crippen MR) is 118 cm³/mol. The zero-order chi connectivity index (χ0) is 22.1. The maximum Gasteiger partial charge on any atom is 0.297 e. The predicted octanol–water partition coefficient (Wildman–Crippen LogP) is 2.76. The summed E-state index contributed by atoms with van der Waals surface area (Å²) in [6.07, 6.45) is 0. The number of para-hydroxylation sites is 2. The fourth-order valence-corrected chi connectivity index (χ4v) is 3.50. The highest BCUT2D eigenvalue weighted by Crippen LogP contribution is 2.20. The Morgan fingerprint density at radius 2 is 1.55 bits per heavy atom. The molecule has 0 unspecified atom stereocenters. The Kier molecular flexibility index (Phi) is 5.24. The lowest BCUT2D eigenvalue weighted by molar-refractivity contribution is -0.117. The highest BCUT2D eigenvalue weighted by molar-refractivity contribution is 5.93. The van der Waals surface area contributed by atoms with Gasteiger partial charge in [0, 0.05) is 24.2 Å². The van der Waals surface area contributed by atoms with Gasteiger partial charge in [-0.2, -0.15) is 0 Å². The van der Waals surface area contributed by atoms with E-state index in [-0.39, 0.29) is 35.5 Å². The van der Waals surface area contributed by atoms with Crippen molar-refractivity contribution in [3.05, 3.63) is 64.7 Å². The summed E-state index contributed by atoms with van der Waals surface area (Å²) in [7, 11) is 0. The Hall–Kier alpha value is -4.01. The van der Waals surface area contributed by atoms with Gasteiger partial charge >= 0.3 is 0 Å². The molecule has 2 heterocycles. The van der Waals surface area contributed by atoms with E-state index in [2.05, 4.69) is 20.8 Å². The van der Waals surface area contributed by atoms with Gasteiger partial charge < -0.3 is 10.6 Å². The quantitative estimate of drug-likeness (QED) is 0.518. The number of benzene rings is 2. The van der Waals surface area contributed by atoms with Crippen molar-refractivity contribution in [1.82, 2.24) is 19.2 Å². The van der Waals surface area contributed by atoms with Gasteiger partial charge in [0.05, 0.1) is 11.0 Å². The maximum atomic E-state index is 13.1. The van der Waals surface area contributed by atoms with E-state index in [0.29, 0.717) is 22.7 Å².